The highest BCUT2D eigenvalue weighted by Gasteiger charge is 2.07. The number of nitrogens with one attached hydrogen (secondary N) is 1. The van der Waals surface area contributed by atoms with Gasteiger partial charge in [-0.2, -0.15) is 0 Å². The van der Waals surface area contributed by atoms with Crippen LogP contribution in [0.1, 0.15) is 102 Å². The minimum absolute atomic E-state index is 0.172. The van der Waals surface area contributed by atoms with Crippen molar-refractivity contribution in [2.45, 2.75) is 110 Å². The number of aryl methyl sites for hydroxylation is 1. The van der Waals surface area contributed by atoms with E-state index in [0.717, 1.165) is 12.8 Å². The number of hydrogen-bond acceptors (Lipinski definition) is 4. The Bertz CT molecular complexity index is 678. The molecule has 0 amide bonds. The van der Waals surface area contributed by atoms with Crippen LogP contribution in [0, 0.1) is 6.92 Å². The van der Waals surface area contributed by atoms with Gasteiger partial charge in [0, 0.05) is 11.8 Å². The highest BCUT2D eigenvalue weighted by atomic mass is 16.5. The maximum absolute atomic E-state index is 11.8. The number of aromatic amines is 1. The quantitative estimate of drug-likeness (QED) is 0.294. The molecule has 29 heavy (non-hydrogen) atoms. The van der Waals surface area contributed by atoms with Crippen molar-refractivity contribution in [1.82, 2.24) is 9.55 Å². The average molecular weight is 409 g/mol. The fourth-order valence-electron chi connectivity index (χ4n) is 3.40. The molecule has 6 heteroatoms. The second-order valence-electron chi connectivity index (χ2n) is 8.02. The fourth-order valence-corrected chi connectivity index (χ4v) is 3.40. The van der Waals surface area contributed by atoms with E-state index in [9.17, 15) is 14.4 Å². The minimum Gasteiger partial charge on any atom is -0.464 e. The van der Waals surface area contributed by atoms with E-state index < -0.39 is 17.2 Å². The fraction of sp³-hybridized carbons (Fsp3) is 0.783. The van der Waals surface area contributed by atoms with Crippen molar-refractivity contribution < 1.29 is 9.53 Å². The maximum Gasteiger partial charge on any atom is 0.328 e. The first kappa shape index (κ1) is 25.2. The van der Waals surface area contributed by atoms with Crippen LogP contribution in [0.5, 0.6) is 0 Å². The lowest BCUT2D eigenvalue weighted by Gasteiger charge is -2.07. The largest absolute Gasteiger partial charge is 0.464 e. The van der Waals surface area contributed by atoms with Crippen LogP contribution in [-0.4, -0.2) is 22.1 Å². The molecule has 0 aliphatic heterocycles. The molecule has 1 aromatic heterocycles. The Morgan fingerprint density at radius 3 is 1.86 bits per heavy atom. The summed E-state index contributed by atoms with van der Waals surface area (Å²) in [6, 6.07) is 0. The summed E-state index contributed by atoms with van der Waals surface area (Å²) in [4.78, 5) is 37.0. The number of unbranched alkanes of at least 4 members (excludes halogenated alkanes) is 13. The Hall–Kier alpha value is -1.85. The molecule has 1 heterocycles. The molecular weight excluding hydrogens is 368 g/mol. The van der Waals surface area contributed by atoms with E-state index >= 15 is 0 Å². The van der Waals surface area contributed by atoms with Gasteiger partial charge in [-0.1, -0.05) is 90.4 Å². The number of rotatable bonds is 17. The molecule has 0 saturated heterocycles. The molecule has 1 N–H and O–H groups in total. The van der Waals surface area contributed by atoms with Crippen molar-refractivity contribution in [3.05, 3.63) is 32.6 Å². The molecule has 0 atom stereocenters. The Labute approximate surface area is 175 Å². The molecule has 0 bridgehead atoms. The molecule has 0 fully saturated rings. The lowest BCUT2D eigenvalue weighted by molar-refractivity contribution is -0.144. The number of H-pyrrole nitrogens is 1. The van der Waals surface area contributed by atoms with Gasteiger partial charge < -0.3 is 4.74 Å². The molecular formula is C23H40N2O4. The van der Waals surface area contributed by atoms with Gasteiger partial charge >= 0.3 is 11.7 Å². The van der Waals surface area contributed by atoms with Gasteiger partial charge in [0.15, 0.2) is 0 Å². The van der Waals surface area contributed by atoms with Crippen LogP contribution >= 0.6 is 0 Å². The van der Waals surface area contributed by atoms with Gasteiger partial charge in [0.25, 0.3) is 5.56 Å². The van der Waals surface area contributed by atoms with Crippen LogP contribution in [0.4, 0.5) is 0 Å². The zero-order valence-corrected chi connectivity index (χ0v) is 18.5. The van der Waals surface area contributed by atoms with Crippen LogP contribution < -0.4 is 11.2 Å². The third kappa shape index (κ3) is 12.3. The van der Waals surface area contributed by atoms with Crippen molar-refractivity contribution in [3.8, 4) is 0 Å². The molecule has 0 saturated carbocycles. The summed E-state index contributed by atoms with van der Waals surface area (Å²) < 4.78 is 6.36. The van der Waals surface area contributed by atoms with Crippen molar-refractivity contribution in [1.29, 1.82) is 0 Å². The first-order chi connectivity index (χ1) is 14.0. The molecule has 0 spiro atoms. The topological polar surface area (TPSA) is 81.2 Å². The van der Waals surface area contributed by atoms with Gasteiger partial charge in [-0.25, -0.2) is 4.79 Å². The number of esters is 1. The second-order valence-corrected chi connectivity index (χ2v) is 8.02. The van der Waals surface area contributed by atoms with Crippen LogP contribution in [0.15, 0.2) is 15.8 Å². The second kappa shape index (κ2) is 16.0. The third-order valence-electron chi connectivity index (χ3n) is 5.25. The van der Waals surface area contributed by atoms with Crippen LogP contribution in [0.25, 0.3) is 0 Å². The molecule has 6 nitrogen and oxygen atoms in total. The molecule has 166 valence electrons. The number of nitrogens with zero attached hydrogens (tertiary/aromatic N) is 1. The van der Waals surface area contributed by atoms with Gasteiger partial charge in [-0.05, 0) is 13.3 Å². The summed E-state index contributed by atoms with van der Waals surface area (Å²) in [5, 5.41) is 0. The highest BCUT2D eigenvalue weighted by molar-refractivity contribution is 5.69. The smallest absolute Gasteiger partial charge is 0.328 e. The van der Waals surface area contributed by atoms with Crippen molar-refractivity contribution in [2.24, 2.45) is 0 Å². The molecule has 0 aromatic carbocycles. The van der Waals surface area contributed by atoms with Gasteiger partial charge in [-0.15, -0.1) is 0 Å². The molecule has 0 aliphatic rings. The molecule has 1 rings (SSSR count). The van der Waals surface area contributed by atoms with Crippen molar-refractivity contribution in [2.75, 3.05) is 6.61 Å². The normalized spacial score (nSPS) is 11.0. The van der Waals surface area contributed by atoms with E-state index in [-0.39, 0.29) is 6.54 Å². The van der Waals surface area contributed by atoms with Gasteiger partial charge in [0.05, 0.1) is 6.61 Å². The summed E-state index contributed by atoms with van der Waals surface area (Å²) in [7, 11) is 0. The monoisotopic (exact) mass is 408 g/mol. The number of aromatic nitrogens is 2. The van der Waals surface area contributed by atoms with Crippen LogP contribution in [0.2, 0.25) is 0 Å². The summed E-state index contributed by atoms with van der Waals surface area (Å²) in [5.41, 5.74) is -0.625. The Balaban J connectivity index is 1.93. The molecule has 0 aliphatic carbocycles. The molecule has 0 unspecified atom stereocenters. The van der Waals surface area contributed by atoms with Crippen molar-refractivity contribution in [3.63, 3.8) is 0 Å². The van der Waals surface area contributed by atoms with Crippen LogP contribution in [-0.2, 0) is 16.1 Å². The van der Waals surface area contributed by atoms with Crippen molar-refractivity contribution >= 4 is 5.97 Å². The van der Waals surface area contributed by atoms with E-state index in [4.69, 9.17) is 4.74 Å². The Morgan fingerprint density at radius 2 is 1.34 bits per heavy atom. The standard InChI is InChI=1S/C23H40N2O4/c1-3-4-5-6-7-8-9-10-11-12-13-14-15-16-17-29-21(26)19-25-18-20(2)22(27)24-23(25)28/h18H,3-17,19H2,1-2H3,(H,24,27,28). The Kier molecular flexibility index (Phi) is 13.9. The maximum atomic E-state index is 11.8. The van der Waals surface area contributed by atoms with E-state index in [1.54, 1.807) is 6.92 Å². The number of ether oxygens (including phenoxy) is 1. The number of carbonyl (C=O) groups is 1. The van der Waals surface area contributed by atoms with Crippen LogP contribution in [0.3, 0.4) is 0 Å². The molecule has 0 radical (unpaired) electrons. The minimum atomic E-state index is -0.589. The summed E-state index contributed by atoms with van der Waals surface area (Å²) in [5.74, 6) is -0.451. The zero-order chi connectivity index (χ0) is 21.3. The number of hydrogen-bond donors (Lipinski definition) is 1. The van der Waals surface area contributed by atoms with Gasteiger partial charge in [-0.3, -0.25) is 19.1 Å². The predicted octanol–water partition coefficient (Wildman–Crippen LogP) is 4.87. The summed E-state index contributed by atoms with van der Waals surface area (Å²) in [6.45, 7) is 4.06. The number of carbonyl (C=O) groups excluding carboxylic acids is 1. The first-order valence-electron chi connectivity index (χ1n) is 11.5. The van der Waals surface area contributed by atoms with Gasteiger partial charge in [0.1, 0.15) is 6.54 Å². The average Bonchev–Trinajstić information content (AvgIpc) is 2.69. The SMILES string of the molecule is CCCCCCCCCCCCCCCCOC(=O)Cn1cc(C)c(=O)[nH]c1=O. The highest BCUT2D eigenvalue weighted by Crippen LogP contribution is 2.12. The van der Waals surface area contributed by atoms with E-state index in [1.807, 2.05) is 0 Å². The van der Waals surface area contributed by atoms with Gasteiger partial charge in [0.2, 0.25) is 0 Å². The third-order valence-corrected chi connectivity index (χ3v) is 5.25. The first-order valence-corrected chi connectivity index (χ1v) is 11.5. The van der Waals surface area contributed by atoms with E-state index in [1.165, 1.54) is 87.8 Å². The summed E-state index contributed by atoms with van der Waals surface area (Å²) in [6.07, 6.45) is 19.4. The Morgan fingerprint density at radius 1 is 0.862 bits per heavy atom. The lowest BCUT2D eigenvalue weighted by atomic mass is 10.0. The van der Waals surface area contributed by atoms with E-state index in [2.05, 4.69) is 11.9 Å². The lowest BCUT2D eigenvalue weighted by Crippen LogP contribution is -2.33. The summed E-state index contributed by atoms with van der Waals surface area (Å²) >= 11 is 0. The van der Waals surface area contributed by atoms with E-state index in [0.29, 0.717) is 12.2 Å². The zero-order valence-electron chi connectivity index (χ0n) is 18.5. The predicted molar refractivity (Wildman–Crippen MR) is 117 cm³/mol. The molecule has 1 aromatic rings.